The summed E-state index contributed by atoms with van der Waals surface area (Å²) in [4.78, 5) is 38.3. The van der Waals surface area contributed by atoms with E-state index < -0.39 is 12.1 Å². The monoisotopic (exact) mass is 1100 g/mol. The minimum Gasteiger partial charge on any atom is -0.462 e. The largest absolute Gasteiger partial charge is 0.462 e. The van der Waals surface area contributed by atoms with Gasteiger partial charge in [0.1, 0.15) is 13.2 Å². The smallest absolute Gasteiger partial charge is 0.309 e. The number of hydrogen-bond donors (Lipinski definition) is 0. The highest BCUT2D eigenvalue weighted by atomic mass is 16.6. The van der Waals surface area contributed by atoms with E-state index in [0.29, 0.717) is 12.8 Å². The number of hydrogen-bond acceptors (Lipinski definition) is 6. The van der Waals surface area contributed by atoms with Crippen molar-refractivity contribution in [1.82, 2.24) is 0 Å². The first-order valence-electron chi connectivity index (χ1n) is 33.7. The highest BCUT2D eigenvalue weighted by Crippen LogP contribution is 2.17. The molecule has 0 heterocycles. The van der Waals surface area contributed by atoms with Gasteiger partial charge in [-0.1, -0.05) is 304 Å². The topological polar surface area (TPSA) is 78.9 Å². The van der Waals surface area contributed by atoms with Crippen molar-refractivity contribution in [3.63, 3.8) is 0 Å². The third-order valence-corrected chi connectivity index (χ3v) is 14.6. The van der Waals surface area contributed by atoms with E-state index in [1.54, 1.807) is 6.08 Å². The minimum absolute atomic E-state index is 0.107. The molecule has 0 radical (unpaired) electrons. The highest BCUT2D eigenvalue weighted by molar-refractivity contribution is 5.72. The summed E-state index contributed by atoms with van der Waals surface area (Å²) >= 11 is 0. The molecule has 0 spiro atoms. The molecule has 6 heteroatoms. The molecule has 0 aliphatic heterocycles. The van der Waals surface area contributed by atoms with Crippen molar-refractivity contribution < 1.29 is 28.6 Å². The van der Waals surface area contributed by atoms with Gasteiger partial charge in [-0.2, -0.15) is 0 Å². The standard InChI is InChI=1S/C73H126O6/c1-4-7-10-13-16-19-22-25-28-30-31-32-33-34-35-36-37-38-39-40-41-43-45-48-51-54-57-60-63-66-72(75)78-69-70(68-77-71(74)65-62-59-56-53-50-47-44-27-24-21-18-15-12-9-6-3)79-73(76)67-64-61-58-55-52-49-46-42-29-26-23-20-17-14-11-8-5-2/h9,12,18,21-22,25-27,29-31,44,50,53,59,62,70H,4-8,10-11,13-17,19-20,23-24,28,32-43,45-49,51-52,54-58,60-61,63-69H2,1-3H3/b12-9-,21-18-,25-22-,29-26-,31-30-,44-27-,53-50-,62-59-. The lowest BCUT2D eigenvalue weighted by Crippen LogP contribution is -2.30. The van der Waals surface area contributed by atoms with Crippen LogP contribution in [0.3, 0.4) is 0 Å². The lowest BCUT2D eigenvalue weighted by Gasteiger charge is -2.18. The normalized spacial score (nSPS) is 12.7. The van der Waals surface area contributed by atoms with Crippen LogP contribution in [0.5, 0.6) is 0 Å². The number of carbonyl (C=O) groups excluding carboxylic acids is 3. The number of carbonyl (C=O) groups is 3. The van der Waals surface area contributed by atoms with Crippen LogP contribution in [-0.2, 0) is 28.6 Å². The number of esters is 3. The first kappa shape index (κ1) is 75.3. The molecule has 0 aromatic carbocycles. The predicted octanol–water partition coefficient (Wildman–Crippen LogP) is 23.2. The van der Waals surface area contributed by atoms with Crippen molar-refractivity contribution in [1.29, 1.82) is 0 Å². The second kappa shape index (κ2) is 66.8. The lowest BCUT2D eigenvalue weighted by molar-refractivity contribution is -0.166. The summed E-state index contributed by atoms with van der Waals surface area (Å²) in [5.74, 6) is -1.03. The maximum Gasteiger partial charge on any atom is 0.309 e. The predicted molar refractivity (Wildman–Crippen MR) is 344 cm³/mol. The molecule has 0 fully saturated rings. The van der Waals surface area contributed by atoms with Gasteiger partial charge < -0.3 is 14.2 Å². The Hall–Kier alpha value is -3.67. The molecule has 1 unspecified atom stereocenters. The second-order valence-corrected chi connectivity index (χ2v) is 22.4. The van der Waals surface area contributed by atoms with E-state index in [9.17, 15) is 14.4 Å². The quantitative estimate of drug-likeness (QED) is 0.0261. The third kappa shape index (κ3) is 65.0. The maximum atomic E-state index is 12.9. The van der Waals surface area contributed by atoms with Crippen molar-refractivity contribution in [3.05, 3.63) is 97.2 Å². The van der Waals surface area contributed by atoms with Gasteiger partial charge in [-0.3, -0.25) is 14.4 Å². The van der Waals surface area contributed by atoms with Gasteiger partial charge in [0.05, 0.1) is 6.42 Å². The third-order valence-electron chi connectivity index (χ3n) is 14.6. The molecular formula is C73H126O6. The first-order valence-corrected chi connectivity index (χ1v) is 33.7. The lowest BCUT2D eigenvalue weighted by atomic mass is 10.0. The van der Waals surface area contributed by atoms with Crippen molar-refractivity contribution in [3.8, 4) is 0 Å². The molecule has 79 heavy (non-hydrogen) atoms. The van der Waals surface area contributed by atoms with Crippen LogP contribution < -0.4 is 0 Å². The zero-order chi connectivity index (χ0) is 57.1. The van der Waals surface area contributed by atoms with Gasteiger partial charge >= 0.3 is 17.9 Å². The van der Waals surface area contributed by atoms with Gasteiger partial charge in [-0.05, 0) is 103 Å². The molecule has 0 rings (SSSR count). The molecule has 1 atom stereocenters. The molecule has 0 aliphatic rings. The van der Waals surface area contributed by atoms with Gasteiger partial charge in [0, 0.05) is 12.8 Å². The average Bonchev–Trinajstić information content (AvgIpc) is 3.45. The van der Waals surface area contributed by atoms with Crippen LogP contribution in [0.2, 0.25) is 0 Å². The molecular weight excluding hydrogens is 973 g/mol. The number of ether oxygens (including phenoxy) is 3. The van der Waals surface area contributed by atoms with E-state index in [-0.39, 0.29) is 31.6 Å². The fourth-order valence-electron chi connectivity index (χ4n) is 9.54. The summed E-state index contributed by atoms with van der Waals surface area (Å²) in [6, 6.07) is 0. The van der Waals surface area contributed by atoms with E-state index >= 15 is 0 Å². The molecule has 0 N–H and O–H groups in total. The number of allylic oxidation sites excluding steroid dienone is 15. The van der Waals surface area contributed by atoms with E-state index in [4.69, 9.17) is 14.2 Å². The van der Waals surface area contributed by atoms with Crippen molar-refractivity contribution >= 4 is 17.9 Å². The molecule has 0 aromatic heterocycles. The summed E-state index contributed by atoms with van der Waals surface area (Å²) in [6.45, 7) is 6.45. The Morgan fingerprint density at radius 3 is 0.899 bits per heavy atom. The first-order chi connectivity index (χ1) is 39.0. The van der Waals surface area contributed by atoms with Crippen molar-refractivity contribution in [2.45, 2.75) is 335 Å². The molecule has 6 nitrogen and oxygen atoms in total. The van der Waals surface area contributed by atoms with Crippen LogP contribution in [0.1, 0.15) is 329 Å². The second-order valence-electron chi connectivity index (χ2n) is 22.4. The molecule has 454 valence electrons. The zero-order valence-corrected chi connectivity index (χ0v) is 52.1. The Morgan fingerprint density at radius 2 is 0.544 bits per heavy atom. The van der Waals surface area contributed by atoms with Crippen LogP contribution >= 0.6 is 0 Å². The molecule has 0 bridgehead atoms. The Labute approximate surface area is 489 Å². The molecule has 0 aromatic rings. The highest BCUT2D eigenvalue weighted by Gasteiger charge is 2.19. The van der Waals surface area contributed by atoms with Gasteiger partial charge in [-0.25, -0.2) is 0 Å². The summed E-state index contributed by atoms with van der Waals surface area (Å²) in [5, 5.41) is 0. The fourth-order valence-corrected chi connectivity index (χ4v) is 9.54. The van der Waals surface area contributed by atoms with Gasteiger partial charge in [0.25, 0.3) is 0 Å². The van der Waals surface area contributed by atoms with E-state index in [2.05, 4.69) is 106 Å². The zero-order valence-electron chi connectivity index (χ0n) is 52.1. The Kier molecular flexibility index (Phi) is 63.7. The van der Waals surface area contributed by atoms with Crippen LogP contribution in [0.25, 0.3) is 0 Å². The summed E-state index contributed by atoms with van der Waals surface area (Å²) in [6.07, 6.45) is 90.3. The van der Waals surface area contributed by atoms with Gasteiger partial charge in [0.15, 0.2) is 6.10 Å². The number of rotatable bonds is 61. The minimum atomic E-state index is -0.820. The van der Waals surface area contributed by atoms with Crippen LogP contribution in [0, 0.1) is 0 Å². The molecule has 0 aliphatic carbocycles. The van der Waals surface area contributed by atoms with E-state index in [0.717, 1.165) is 77.0 Å². The van der Waals surface area contributed by atoms with Crippen LogP contribution in [0.15, 0.2) is 97.2 Å². The molecule has 0 saturated heterocycles. The van der Waals surface area contributed by atoms with Crippen LogP contribution in [0.4, 0.5) is 0 Å². The molecule has 0 saturated carbocycles. The van der Waals surface area contributed by atoms with Crippen molar-refractivity contribution in [2.75, 3.05) is 13.2 Å². The summed E-state index contributed by atoms with van der Waals surface area (Å²) in [7, 11) is 0. The summed E-state index contributed by atoms with van der Waals surface area (Å²) < 4.78 is 16.8. The maximum absolute atomic E-state index is 12.9. The van der Waals surface area contributed by atoms with Gasteiger partial charge in [-0.15, -0.1) is 0 Å². The average molecular weight is 1100 g/mol. The fraction of sp³-hybridized carbons (Fsp3) is 0.740. The van der Waals surface area contributed by atoms with Crippen LogP contribution in [-0.4, -0.2) is 37.2 Å². The molecule has 0 amide bonds. The SMILES string of the molecule is CC/C=C\C/C=C\C/C=C\C/C=C\C/C=C\CC(=O)OCC(COC(=O)CCCCCCCCCCCCCCCCCCC/C=C\C/C=C\CCCCCCC)OC(=O)CCCCCCCCC/C=C\CCCCCCCC. The number of unbranched alkanes of at least 4 members (excludes halogenated alkanes) is 35. The summed E-state index contributed by atoms with van der Waals surface area (Å²) in [5.41, 5.74) is 0. The Balaban J connectivity index is 4.30. The van der Waals surface area contributed by atoms with E-state index in [1.165, 1.54) is 212 Å². The van der Waals surface area contributed by atoms with E-state index in [1.807, 2.05) is 6.08 Å². The Bertz CT molecular complexity index is 1540. The van der Waals surface area contributed by atoms with Gasteiger partial charge in [0.2, 0.25) is 0 Å². The Morgan fingerprint density at radius 1 is 0.278 bits per heavy atom. The van der Waals surface area contributed by atoms with Crippen molar-refractivity contribution in [2.24, 2.45) is 0 Å².